The van der Waals surface area contributed by atoms with Gasteiger partial charge in [-0.3, -0.25) is 0 Å². The van der Waals surface area contributed by atoms with Crippen LogP contribution in [-0.2, 0) is 4.74 Å². The van der Waals surface area contributed by atoms with Crippen molar-refractivity contribution in [1.29, 1.82) is 10.7 Å². The smallest absolute Gasteiger partial charge is 0.354 e. The number of ether oxygens (including phenoxy) is 1. The second-order valence-corrected chi connectivity index (χ2v) is 9.81. The van der Waals surface area contributed by atoms with Crippen molar-refractivity contribution in [3.8, 4) is 17.2 Å². The van der Waals surface area contributed by atoms with Crippen LogP contribution < -0.4 is 10.2 Å². The highest BCUT2D eigenvalue weighted by Crippen LogP contribution is 2.39. The second kappa shape index (κ2) is 11.0. The number of anilines is 3. The minimum absolute atomic E-state index is 0.0128. The van der Waals surface area contributed by atoms with Gasteiger partial charge in [-0.2, -0.15) is 5.26 Å². The molecule has 1 saturated heterocycles. The number of benzene rings is 1. The number of carboxylic acid groups (broad SMARTS) is 1. The molecule has 3 N–H and O–H groups in total. The van der Waals surface area contributed by atoms with Gasteiger partial charge in [0.1, 0.15) is 11.6 Å². The molecule has 1 aromatic carbocycles. The van der Waals surface area contributed by atoms with Crippen molar-refractivity contribution >= 4 is 29.0 Å². The number of para-hydroxylation sites is 1. The van der Waals surface area contributed by atoms with E-state index in [9.17, 15) is 15.2 Å². The molecule has 38 heavy (non-hydrogen) atoms. The van der Waals surface area contributed by atoms with Crippen LogP contribution in [0.2, 0.25) is 0 Å². The van der Waals surface area contributed by atoms with E-state index in [1.807, 2.05) is 42.5 Å². The minimum atomic E-state index is -1.14. The van der Waals surface area contributed by atoms with Crippen molar-refractivity contribution < 1.29 is 14.6 Å². The number of pyridine rings is 2. The van der Waals surface area contributed by atoms with Gasteiger partial charge >= 0.3 is 5.97 Å². The van der Waals surface area contributed by atoms with Crippen LogP contribution in [-0.4, -0.2) is 53.1 Å². The lowest BCUT2D eigenvalue weighted by Gasteiger charge is -2.35. The molecular weight excluding hydrogens is 480 g/mol. The highest BCUT2D eigenvalue weighted by molar-refractivity contribution is 6.11. The average molecular weight is 511 g/mol. The fourth-order valence-electron chi connectivity index (χ4n) is 5.07. The first-order chi connectivity index (χ1) is 18.5. The van der Waals surface area contributed by atoms with Crippen LogP contribution in [0.3, 0.4) is 0 Å². The molecule has 0 unspecified atom stereocenters. The quantitative estimate of drug-likeness (QED) is 0.356. The van der Waals surface area contributed by atoms with Gasteiger partial charge in [-0.05, 0) is 61.6 Å². The number of piperidine rings is 1. The molecule has 9 heteroatoms. The molecule has 0 bridgehead atoms. The van der Waals surface area contributed by atoms with E-state index in [2.05, 4.69) is 26.3 Å². The Balaban J connectivity index is 1.55. The van der Waals surface area contributed by atoms with E-state index in [1.165, 1.54) is 6.07 Å². The summed E-state index contributed by atoms with van der Waals surface area (Å²) in [5.74, 6) is 0.0817. The van der Waals surface area contributed by atoms with E-state index in [-0.39, 0.29) is 23.6 Å². The Morgan fingerprint density at radius 3 is 2.53 bits per heavy atom. The number of nitriles is 1. The third-order valence-electron chi connectivity index (χ3n) is 7.44. The predicted molar refractivity (Wildman–Crippen MR) is 145 cm³/mol. The van der Waals surface area contributed by atoms with Crippen molar-refractivity contribution in [3.63, 3.8) is 0 Å². The fraction of sp³-hybridized carbons (Fsp3) is 0.345. The van der Waals surface area contributed by atoms with Crippen molar-refractivity contribution in [2.75, 3.05) is 30.4 Å². The number of hydrogen-bond donors (Lipinski definition) is 3. The Morgan fingerprint density at radius 2 is 1.92 bits per heavy atom. The first kappa shape index (κ1) is 25.4. The second-order valence-electron chi connectivity index (χ2n) is 9.81. The highest BCUT2D eigenvalue weighted by Gasteiger charge is 2.35. The summed E-state index contributed by atoms with van der Waals surface area (Å²) in [5, 5.41) is 31.4. The van der Waals surface area contributed by atoms with Crippen molar-refractivity contribution in [1.82, 2.24) is 9.97 Å². The van der Waals surface area contributed by atoms with Gasteiger partial charge < -0.3 is 25.5 Å². The van der Waals surface area contributed by atoms with Gasteiger partial charge in [-0.1, -0.05) is 18.2 Å². The molecule has 0 amide bonds. The Labute approximate surface area is 221 Å². The monoisotopic (exact) mass is 510 g/mol. The van der Waals surface area contributed by atoms with Crippen LogP contribution >= 0.6 is 0 Å². The molecule has 2 aromatic heterocycles. The van der Waals surface area contributed by atoms with Gasteiger partial charge in [0.05, 0.1) is 12.2 Å². The standard InChI is InChI=1S/C29H30N6O3/c1-38-22-13-20(14-22)27(31)26-23(15-24(29(36)37)34-28(26)33-21-5-3-2-4-6-21)19-7-8-25(32-17-19)35-11-9-18(16-30)10-12-35/h2-8,15,17-18,20,22,31H,9-14H2,1H3,(H,33,34)(H,36,37). The van der Waals surface area contributed by atoms with E-state index >= 15 is 0 Å². The largest absolute Gasteiger partial charge is 0.477 e. The number of carbonyl (C=O) groups is 1. The summed E-state index contributed by atoms with van der Waals surface area (Å²) < 4.78 is 5.44. The van der Waals surface area contributed by atoms with Crippen LogP contribution in [0.5, 0.6) is 0 Å². The summed E-state index contributed by atoms with van der Waals surface area (Å²) in [6, 6.07) is 17.1. The predicted octanol–water partition coefficient (Wildman–Crippen LogP) is 5.12. The normalized spacial score (nSPS) is 19.3. The van der Waals surface area contributed by atoms with E-state index in [0.29, 0.717) is 28.2 Å². The molecule has 3 heterocycles. The summed E-state index contributed by atoms with van der Waals surface area (Å²) in [6.45, 7) is 1.54. The molecule has 0 atom stereocenters. The molecule has 1 aliphatic carbocycles. The zero-order valence-electron chi connectivity index (χ0n) is 21.2. The van der Waals surface area contributed by atoms with Crippen LogP contribution in [0.4, 0.5) is 17.3 Å². The van der Waals surface area contributed by atoms with Gasteiger partial charge in [0, 0.05) is 60.8 Å². The summed E-state index contributed by atoms with van der Waals surface area (Å²) in [7, 11) is 1.68. The molecule has 1 aliphatic heterocycles. The molecule has 2 fully saturated rings. The Hall–Kier alpha value is -4.29. The number of methoxy groups -OCH3 is 1. The minimum Gasteiger partial charge on any atom is -0.477 e. The summed E-state index contributed by atoms with van der Waals surface area (Å²) in [5.41, 5.74) is 2.93. The van der Waals surface area contributed by atoms with Gasteiger partial charge in [0.15, 0.2) is 5.69 Å². The van der Waals surface area contributed by atoms with Crippen LogP contribution in [0.25, 0.3) is 11.1 Å². The Morgan fingerprint density at radius 1 is 1.18 bits per heavy atom. The first-order valence-electron chi connectivity index (χ1n) is 12.8. The van der Waals surface area contributed by atoms with Gasteiger partial charge in [-0.15, -0.1) is 0 Å². The molecule has 5 rings (SSSR count). The number of aromatic nitrogens is 2. The maximum absolute atomic E-state index is 12.1. The lowest BCUT2D eigenvalue weighted by molar-refractivity contribution is 0.0220. The number of carboxylic acids is 1. The zero-order valence-corrected chi connectivity index (χ0v) is 21.2. The SMILES string of the molecule is COC1CC(C(=N)c2c(-c3ccc(N4CCC(C#N)CC4)nc3)cc(C(=O)O)nc2Nc2ccccc2)C1. The van der Waals surface area contributed by atoms with Crippen molar-refractivity contribution in [2.45, 2.75) is 31.8 Å². The van der Waals surface area contributed by atoms with E-state index < -0.39 is 5.97 Å². The third-order valence-corrected chi connectivity index (χ3v) is 7.44. The van der Waals surface area contributed by atoms with E-state index in [0.717, 1.165) is 50.3 Å². The fourth-order valence-corrected chi connectivity index (χ4v) is 5.07. The molecule has 0 radical (unpaired) electrons. The maximum Gasteiger partial charge on any atom is 0.354 e. The van der Waals surface area contributed by atoms with Gasteiger partial charge in [0.2, 0.25) is 0 Å². The number of rotatable bonds is 8. The van der Waals surface area contributed by atoms with Gasteiger partial charge in [0.25, 0.3) is 0 Å². The van der Waals surface area contributed by atoms with Crippen LogP contribution in [0.1, 0.15) is 41.7 Å². The molecule has 1 saturated carbocycles. The number of nitrogens with zero attached hydrogens (tertiary/aromatic N) is 4. The summed E-state index contributed by atoms with van der Waals surface area (Å²) >= 11 is 0. The number of aromatic carboxylic acids is 1. The Kier molecular flexibility index (Phi) is 7.33. The first-order valence-corrected chi connectivity index (χ1v) is 12.8. The Bertz CT molecular complexity index is 1360. The molecule has 9 nitrogen and oxygen atoms in total. The molecular formula is C29H30N6O3. The van der Waals surface area contributed by atoms with Crippen LogP contribution in [0.15, 0.2) is 54.7 Å². The summed E-state index contributed by atoms with van der Waals surface area (Å²) in [4.78, 5) is 23.3. The highest BCUT2D eigenvalue weighted by atomic mass is 16.5. The third kappa shape index (κ3) is 5.22. The maximum atomic E-state index is 12.1. The summed E-state index contributed by atoms with van der Waals surface area (Å²) in [6.07, 6.45) is 4.94. The molecule has 2 aliphatic rings. The lowest BCUT2D eigenvalue weighted by Crippen LogP contribution is -2.36. The molecule has 3 aromatic rings. The molecule has 0 spiro atoms. The van der Waals surface area contributed by atoms with Crippen LogP contribution in [0, 0.1) is 28.6 Å². The van der Waals surface area contributed by atoms with Crippen molar-refractivity contribution in [2.24, 2.45) is 11.8 Å². The number of nitrogens with one attached hydrogen (secondary N) is 2. The van der Waals surface area contributed by atoms with E-state index in [1.54, 1.807) is 13.3 Å². The molecule has 194 valence electrons. The van der Waals surface area contributed by atoms with Gasteiger partial charge in [-0.25, -0.2) is 14.8 Å². The number of hydrogen-bond acceptors (Lipinski definition) is 8. The average Bonchev–Trinajstić information content (AvgIpc) is 2.92. The van der Waals surface area contributed by atoms with Crippen molar-refractivity contribution in [3.05, 3.63) is 66.0 Å². The zero-order chi connectivity index (χ0) is 26.6. The lowest BCUT2D eigenvalue weighted by atomic mass is 9.75. The van der Waals surface area contributed by atoms with E-state index in [4.69, 9.17) is 10.1 Å². The topological polar surface area (TPSA) is 135 Å².